The van der Waals surface area contributed by atoms with Crippen molar-refractivity contribution in [2.75, 3.05) is 19.0 Å². The number of benzene rings is 2. The van der Waals surface area contributed by atoms with E-state index in [2.05, 4.69) is 21.6 Å². The highest BCUT2D eigenvalue weighted by Gasteiger charge is 2.45. The predicted molar refractivity (Wildman–Crippen MR) is 188 cm³/mol. The number of H-pyrrole nitrogens is 1. The second-order valence-corrected chi connectivity index (χ2v) is 14.4. The Hall–Kier alpha value is -5.07. The summed E-state index contributed by atoms with van der Waals surface area (Å²) in [6.45, 7) is 0.652. The van der Waals surface area contributed by atoms with Gasteiger partial charge in [0.15, 0.2) is 0 Å². The van der Waals surface area contributed by atoms with E-state index < -0.39 is 5.76 Å². The van der Waals surface area contributed by atoms with Crippen LogP contribution in [0, 0.1) is 5.82 Å². The first-order chi connectivity index (χ1) is 24.4. The van der Waals surface area contributed by atoms with Crippen molar-refractivity contribution >= 4 is 44.7 Å². The minimum atomic E-state index is -0.705. The number of ether oxygens (including phenoxy) is 1. The summed E-state index contributed by atoms with van der Waals surface area (Å²) in [5.74, 6) is 0.472. The molecule has 6 aromatic rings. The summed E-state index contributed by atoms with van der Waals surface area (Å²) in [7, 11) is 1.66. The lowest BCUT2D eigenvalue weighted by atomic mass is 9.93. The highest BCUT2D eigenvalue weighted by atomic mass is 35.5. The van der Waals surface area contributed by atoms with E-state index in [1.54, 1.807) is 25.4 Å². The van der Waals surface area contributed by atoms with Crippen molar-refractivity contribution in [3.63, 3.8) is 0 Å². The van der Waals surface area contributed by atoms with Gasteiger partial charge in [0.25, 0.3) is 11.8 Å². The van der Waals surface area contributed by atoms with Gasteiger partial charge in [-0.05, 0) is 97.0 Å². The van der Waals surface area contributed by atoms with Gasteiger partial charge in [-0.2, -0.15) is 0 Å². The number of nitrogens with one attached hydrogen (secondary N) is 2. The molecule has 4 aromatic heterocycles. The molecular formula is C37H30ClFN6O4S. The second-order valence-electron chi connectivity index (χ2n) is 12.9. The topological polar surface area (TPSA) is 126 Å². The number of carbonyl (C=O) groups is 1. The third-order valence-electron chi connectivity index (χ3n) is 10.0. The molecule has 2 atom stereocenters. The Morgan fingerprint density at radius 2 is 1.96 bits per heavy atom. The van der Waals surface area contributed by atoms with Gasteiger partial charge in [-0.25, -0.2) is 19.3 Å². The molecule has 1 amide bonds. The minimum absolute atomic E-state index is 0.0212. The Bertz CT molecular complexity index is 2390. The first-order valence-electron chi connectivity index (χ1n) is 16.6. The van der Waals surface area contributed by atoms with Gasteiger partial charge in [0, 0.05) is 28.2 Å². The number of aryl methyl sites for hydroxylation is 2. The van der Waals surface area contributed by atoms with E-state index >= 15 is 0 Å². The van der Waals surface area contributed by atoms with Crippen LogP contribution >= 0.6 is 22.9 Å². The maximum absolute atomic E-state index is 14.2. The number of hydrogen-bond donors (Lipinski definition) is 2. The molecule has 1 fully saturated rings. The van der Waals surface area contributed by atoms with Crippen molar-refractivity contribution in [2.45, 2.75) is 50.6 Å². The molecule has 9 rings (SSSR count). The summed E-state index contributed by atoms with van der Waals surface area (Å²) in [6, 6.07) is 14.1. The standard InChI is InChI=1S/C37H30ClFN6O4S/c1-48-27-17-20(38)16-23-22(27)9-11-24(23)42-34-33-19(12-13-40-34)15-28(50-33)30-29(35-43-44-37(47)49-35)25(10-6-18-4-7-21(39)8-5-18)41-32-26-3-2-14-45(26)36(46)31(30)32/h4-5,7-8,12-13,15-17,24,26H,2-3,6,9-11,14H2,1H3,(H,40,42)(H,44,47)/t24-,26+/m1/s1. The van der Waals surface area contributed by atoms with Crippen LogP contribution in [0.1, 0.15) is 69.8 Å². The first kappa shape index (κ1) is 30.9. The van der Waals surface area contributed by atoms with Gasteiger partial charge < -0.3 is 19.4 Å². The average Bonchev–Trinajstić information content (AvgIpc) is 3.95. The average molecular weight is 709 g/mol. The summed E-state index contributed by atoms with van der Waals surface area (Å²) in [5, 5.41) is 11.9. The SMILES string of the molecule is COc1cc(Cl)cc2c1CC[C@H]2Nc1nccc2cc(-c3c4c(nc(CCc5ccc(F)cc5)c3-c3n[nH]c(=O)o3)[C@@H]3CCCN3C4=O)sc12. The van der Waals surface area contributed by atoms with Crippen molar-refractivity contribution in [3.8, 4) is 27.6 Å². The molecule has 0 spiro atoms. The molecule has 0 bridgehead atoms. The lowest BCUT2D eigenvalue weighted by Crippen LogP contribution is -2.22. The van der Waals surface area contributed by atoms with Crippen molar-refractivity contribution in [2.24, 2.45) is 0 Å². The number of nitrogens with zero attached hydrogens (tertiary/aromatic N) is 4. The largest absolute Gasteiger partial charge is 0.496 e. The van der Waals surface area contributed by atoms with Crippen molar-refractivity contribution < 1.29 is 18.3 Å². The molecule has 2 N–H and O–H groups in total. The van der Waals surface area contributed by atoms with Gasteiger partial charge in [0.2, 0.25) is 0 Å². The summed E-state index contributed by atoms with van der Waals surface area (Å²) < 4.78 is 25.9. The zero-order valence-electron chi connectivity index (χ0n) is 26.9. The third kappa shape index (κ3) is 5.08. The number of aromatic amines is 1. The molecule has 2 aromatic carbocycles. The molecule has 50 heavy (non-hydrogen) atoms. The molecule has 1 saturated heterocycles. The minimum Gasteiger partial charge on any atom is -0.496 e. The lowest BCUT2D eigenvalue weighted by molar-refractivity contribution is 0.0776. The van der Waals surface area contributed by atoms with Crippen molar-refractivity contribution in [3.05, 3.63) is 110 Å². The van der Waals surface area contributed by atoms with Crippen LogP contribution in [-0.2, 0) is 19.3 Å². The lowest BCUT2D eigenvalue weighted by Gasteiger charge is -2.17. The van der Waals surface area contributed by atoms with Crippen LogP contribution in [0.5, 0.6) is 5.75 Å². The van der Waals surface area contributed by atoms with Crippen molar-refractivity contribution in [1.29, 1.82) is 0 Å². The summed E-state index contributed by atoms with van der Waals surface area (Å²) >= 11 is 7.99. The van der Waals surface area contributed by atoms with Crippen molar-refractivity contribution in [1.82, 2.24) is 25.1 Å². The number of thiophene rings is 1. The summed E-state index contributed by atoms with van der Waals surface area (Å²) in [4.78, 5) is 39.1. The molecule has 2 aliphatic heterocycles. The number of fused-ring (bicyclic) bond motifs is 5. The zero-order valence-corrected chi connectivity index (χ0v) is 28.5. The van der Waals surface area contributed by atoms with Gasteiger partial charge in [-0.3, -0.25) is 9.78 Å². The van der Waals surface area contributed by atoms with Crippen LogP contribution in [0.4, 0.5) is 10.2 Å². The molecule has 6 heterocycles. The number of anilines is 1. The quantitative estimate of drug-likeness (QED) is 0.165. The fraction of sp³-hybridized carbons (Fsp3) is 0.270. The molecule has 13 heteroatoms. The number of carbonyl (C=O) groups excluding carboxylic acids is 1. The van der Waals surface area contributed by atoms with Gasteiger partial charge in [-0.15, -0.1) is 16.4 Å². The first-order valence-corrected chi connectivity index (χ1v) is 17.8. The Morgan fingerprint density at radius 3 is 2.76 bits per heavy atom. The van der Waals surface area contributed by atoms with E-state index in [0.717, 1.165) is 74.6 Å². The fourth-order valence-corrected chi connectivity index (χ4v) is 9.18. The third-order valence-corrected chi connectivity index (χ3v) is 11.4. The van der Waals surface area contributed by atoms with Crippen LogP contribution < -0.4 is 15.8 Å². The smallest absolute Gasteiger partial charge is 0.434 e. The van der Waals surface area contributed by atoms with Gasteiger partial charge in [-0.1, -0.05) is 23.7 Å². The molecular weight excluding hydrogens is 679 g/mol. The molecule has 252 valence electrons. The number of amides is 1. The molecule has 3 aliphatic rings. The summed E-state index contributed by atoms with van der Waals surface area (Å²) in [5.41, 5.74) is 6.21. The molecule has 0 unspecified atom stereocenters. The monoisotopic (exact) mass is 708 g/mol. The Balaban J connectivity index is 1.20. The summed E-state index contributed by atoms with van der Waals surface area (Å²) in [6.07, 6.45) is 6.20. The Kier molecular flexibility index (Phi) is 7.47. The maximum atomic E-state index is 14.2. The van der Waals surface area contributed by atoms with Crippen LogP contribution in [0.25, 0.3) is 32.0 Å². The predicted octanol–water partition coefficient (Wildman–Crippen LogP) is 7.68. The molecule has 0 saturated carbocycles. The number of pyridine rings is 2. The van der Waals surface area contributed by atoms with Gasteiger partial charge in [0.1, 0.15) is 17.4 Å². The van der Waals surface area contributed by atoms with E-state index in [-0.39, 0.29) is 29.7 Å². The molecule has 0 radical (unpaired) electrons. The van der Waals surface area contributed by atoms with E-state index in [9.17, 15) is 14.0 Å². The molecule has 10 nitrogen and oxygen atoms in total. The zero-order chi connectivity index (χ0) is 34.1. The second kappa shape index (κ2) is 12.1. The fourth-order valence-electron chi connectivity index (χ4n) is 7.80. The molecule has 1 aliphatic carbocycles. The van der Waals surface area contributed by atoms with E-state index in [4.69, 9.17) is 30.7 Å². The van der Waals surface area contributed by atoms with Crippen LogP contribution in [0.2, 0.25) is 5.02 Å². The number of methoxy groups -OCH3 is 1. The maximum Gasteiger partial charge on any atom is 0.434 e. The number of hydrogen-bond acceptors (Lipinski definition) is 9. The highest BCUT2D eigenvalue weighted by molar-refractivity contribution is 7.23. The van der Waals surface area contributed by atoms with Gasteiger partial charge in [0.05, 0.1) is 46.4 Å². The van der Waals surface area contributed by atoms with E-state index in [0.29, 0.717) is 46.8 Å². The van der Waals surface area contributed by atoms with Gasteiger partial charge >= 0.3 is 5.76 Å². The normalized spacial score (nSPS) is 17.7. The number of halogens is 2. The Morgan fingerprint density at radius 1 is 1.10 bits per heavy atom. The van der Waals surface area contributed by atoms with Crippen LogP contribution in [0.15, 0.2) is 63.9 Å². The number of rotatable bonds is 8. The highest BCUT2D eigenvalue weighted by Crippen LogP contribution is 2.50. The van der Waals surface area contributed by atoms with E-state index in [1.807, 2.05) is 23.1 Å². The van der Waals surface area contributed by atoms with Crippen LogP contribution in [-0.4, -0.2) is 44.6 Å². The number of aromatic nitrogens is 4. The van der Waals surface area contributed by atoms with Crippen LogP contribution in [0.3, 0.4) is 0 Å². The Labute approximate surface area is 294 Å². The van der Waals surface area contributed by atoms with E-state index in [1.165, 1.54) is 23.5 Å².